The summed E-state index contributed by atoms with van der Waals surface area (Å²) in [6.07, 6.45) is 0. The van der Waals surface area contributed by atoms with Gasteiger partial charge in [-0.15, -0.1) is 11.3 Å². The van der Waals surface area contributed by atoms with Gasteiger partial charge in [-0.1, -0.05) is 0 Å². The average Bonchev–Trinajstić information content (AvgIpc) is 3.02. The van der Waals surface area contributed by atoms with Crippen LogP contribution in [-0.2, 0) is 9.53 Å². The molecule has 1 N–H and O–H groups in total. The number of amides is 1. The van der Waals surface area contributed by atoms with Crippen LogP contribution in [0.2, 0.25) is 0 Å². The largest absolute Gasteiger partial charge is 0.484 e. The van der Waals surface area contributed by atoms with Gasteiger partial charge in [-0.05, 0) is 42.6 Å². The first-order chi connectivity index (χ1) is 11.1. The number of benzene rings is 1. The van der Waals surface area contributed by atoms with Crippen LogP contribution in [0.1, 0.15) is 22.8 Å². The van der Waals surface area contributed by atoms with E-state index < -0.39 is 5.97 Å². The van der Waals surface area contributed by atoms with E-state index >= 15 is 0 Å². The van der Waals surface area contributed by atoms with Gasteiger partial charge in [-0.3, -0.25) is 4.79 Å². The molecule has 2 aromatic rings. The van der Waals surface area contributed by atoms with Gasteiger partial charge < -0.3 is 14.8 Å². The molecule has 118 valence electrons. The van der Waals surface area contributed by atoms with E-state index in [0.717, 1.165) is 0 Å². The Hall–Kier alpha value is -2.85. The summed E-state index contributed by atoms with van der Waals surface area (Å²) in [7, 11) is 0. The summed E-state index contributed by atoms with van der Waals surface area (Å²) in [5.41, 5.74) is 0.836. The zero-order valence-electron chi connectivity index (χ0n) is 12.4. The SMILES string of the molecule is CCOC(=O)c1ccsc1NC(=O)COc1ccc(C#N)cc1. The molecule has 1 heterocycles. The number of nitrogens with zero attached hydrogens (tertiary/aromatic N) is 1. The average molecular weight is 330 g/mol. The van der Waals surface area contributed by atoms with Crippen LogP contribution in [0.25, 0.3) is 0 Å². The number of hydrogen-bond acceptors (Lipinski definition) is 6. The molecule has 1 aromatic heterocycles. The Balaban J connectivity index is 1.91. The fraction of sp³-hybridized carbons (Fsp3) is 0.188. The monoisotopic (exact) mass is 330 g/mol. The quantitative estimate of drug-likeness (QED) is 0.823. The summed E-state index contributed by atoms with van der Waals surface area (Å²) in [6, 6.07) is 10.0. The second-order valence-corrected chi connectivity index (χ2v) is 5.27. The van der Waals surface area contributed by atoms with Crippen LogP contribution in [0.4, 0.5) is 5.00 Å². The third kappa shape index (κ3) is 4.56. The number of nitrogens with one attached hydrogen (secondary N) is 1. The molecule has 0 radical (unpaired) electrons. The topological polar surface area (TPSA) is 88.4 Å². The minimum atomic E-state index is -0.475. The molecule has 0 aliphatic heterocycles. The molecule has 0 aliphatic rings. The smallest absolute Gasteiger partial charge is 0.341 e. The maximum atomic E-state index is 11.9. The van der Waals surface area contributed by atoms with E-state index in [0.29, 0.717) is 21.9 Å². The molecule has 23 heavy (non-hydrogen) atoms. The number of carbonyl (C=O) groups excluding carboxylic acids is 2. The van der Waals surface area contributed by atoms with E-state index in [-0.39, 0.29) is 19.1 Å². The molecule has 0 bridgehead atoms. The normalized spacial score (nSPS) is 9.74. The van der Waals surface area contributed by atoms with Gasteiger partial charge in [0.2, 0.25) is 0 Å². The number of anilines is 1. The highest BCUT2D eigenvalue weighted by Gasteiger charge is 2.16. The number of thiophene rings is 1. The first kappa shape index (κ1) is 16.5. The summed E-state index contributed by atoms with van der Waals surface area (Å²) in [6.45, 7) is 1.78. The van der Waals surface area contributed by atoms with E-state index in [1.807, 2.05) is 6.07 Å². The van der Waals surface area contributed by atoms with Crippen molar-refractivity contribution in [1.29, 1.82) is 5.26 Å². The number of nitriles is 1. The molecule has 0 saturated heterocycles. The number of carbonyl (C=O) groups is 2. The van der Waals surface area contributed by atoms with Crippen LogP contribution in [0.3, 0.4) is 0 Å². The van der Waals surface area contributed by atoms with Crippen LogP contribution in [-0.4, -0.2) is 25.1 Å². The van der Waals surface area contributed by atoms with Crippen molar-refractivity contribution in [3.8, 4) is 11.8 Å². The van der Waals surface area contributed by atoms with E-state index in [9.17, 15) is 9.59 Å². The predicted octanol–water partition coefficient (Wildman–Crippen LogP) is 2.81. The van der Waals surface area contributed by atoms with Crippen LogP contribution >= 0.6 is 11.3 Å². The molecule has 1 amide bonds. The van der Waals surface area contributed by atoms with Crippen molar-refractivity contribution in [1.82, 2.24) is 0 Å². The molecule has 2 rings (SSSR count). The van der Waals surface area contributed by atoms with Crippen molar-refractivity contribution >= 4 is 28.2 Å². The summed E-state index contributed by atoms with van der Waals surface area (Å²) in [4.78, 5) is 23.6. The van der Waals surface area contributed by atoms with E-state index in [1.54, 1.807) is 42.6 Å². The van der Waals surface area contributed by atoms with Crippen molar-refractivity contribution in [2.45, 2.75) is 6.92 Å². The number of rotatable bonds is 6. The van der Waals surface area contributed by atoms with E-state index in [1.165, 1.54) is 11.3 Å². The number of ether oxygens (including phenoxy) is 2. The van der Waals surface area contributed by atoms with Crippen LogP contribution in [0.15, 0.2) is 35.7 Å². The van der Waals surface area contributed by atoms with Crippen molar-refractivity contribution in [3.63, 3.8) is 0 Å². The molecule has 0 atom stereocenters. The first-order valence-electron chi connectivity index (χ1n) is 6.81. The fourth-order valence-electron chi connectivity index (χ4n) is 1.71. The second-order valence-electron chi connectivity index (χ2n) is 4.36. The lowest BCUT2D eigenvalue weighted by Crippen LogP contribution is -2.21. The van der Waals surface area contributed by atoms with Gasteiger partial charge in [-0.25, -0.2) is 4.79 Å². The molecular weight excluding hydrogens is 316 g/mol. The predicted molar refractivity (Wildman–Crippen MR) is 85.6 cm³/mol. The van der Waals surface area contributed by atoms with Gasteiger partial charge in [0.1, 0.15) is 10.8 Å². The Bertz CT molecular complexity index is 731. The number of esters is 1. The third-order valence-electron chi connectivity index (χ3n) is 2.77. The summed E-state index contributed by atoms with van der Waals surface area (Å²) in [5, 5.41) is 13.5. The zero-order valence-corrected chi connectivity index (χ0v) is 13.2. The van der Waals surface area contributed by atoms with E-state index in [4.69, 9.17) is 14.7 Å². The van der Waals surface area contributed by atoms with Gasteiger partial charge in [0.05, 0.1) is 23.8 Å². The summed E-state index contributed by atoms with van der Waals surface area (Å²) < 4.78 is 10.2. The van der Waals surface area contributed by atoms with Gasteiger partial charge in [-0.2, -0.15) is 5.26 Å². The van der Waals surface area contributed by atoms with Crippen LogP contribution in [0.5, 0.6) is 5.75 Å². The van der Waals surface area contributed by atoms with Gasteiger partial charge in [0.15, 0.2) is 6.61 Å². The van der Waals surface area contributed by atoms with Crippen LogP contribution < -0.4 is 10.1 Å². The van der Waals surface area contributed by atoms with Crippen molar-refractivity contribution in [3.05, 3.63) is 46.8 Å². The number of hydrogen-bond donors (Lipinski definition) is 1. The molecule has 0 aliphatic carbocycles. The Morgan fingerprint density at radius 2 is 2.00 bits per heavy atom. The lowest BCUT2D eigenvalue weighted by atomic mass is 10.2. The van der Waals surface area contributed by atoms with Crippen LogP contribution in [0, 0.1) is 11.3 Å². The molecule has 6 nitrogen and oxygen atoms in total. The third-order valence-corrected chi connectivity index (χ3v) is 3.60. The first-order valence-corrected chi connectivity index (χ1v) is 7.69. The zero-order chi connectivity index (χ0) is 16.7. The molecule has 0 saturated carbocycles. The van der Waals surface area contributed by atoms with Gasteiger partial charge in [0, 0.05) is 0 Å². The Morgan fingerprint density at radius 1 is 1.26 bits per heavy atom. The van der Waals surface area contributed by atoms with Crippen molar-refractivity contribution in [2.75, 3.05) is 18.5 Å². The maximum absolute atomic E-state index is 11.9. The molecule has 0 spiro atoms. The molecule has 1 aromatic carbocycles. The lowest BCUT2D eigenvalue weighted by Gasteiger charge is -2.08. The highest BCUT2D eigenvalue weighted by atomic mass is 32.1. The molecule has 0 fully saturated rings. The molecular formula is C16H14N2O4S. The minimum absolute atomic E-state index is 0.202. The van der Waals surface area contributed by atoms with Gasteiger partial charge >= 0.3 is 5.97 Å². The lowest BCUT2D eigenvalue weighted by molar-refractivity contribution is -0.118. The highest BCUT2D eigenvalue weighted by Crippen LogP contribution is 2.24. The summed E-state index contributed by atoms with van der Waals surface area (Å²) in [5.74, 6) is -0.379. The Kier molecular flexibility index (Phi) is 5.72. The molecule has 7 heteroatoms. The van der Waals surface area contributed by atoms with E-state index in [2.05, 4.69) is 5.32 Å². The second kappa shape index (κ2) is 7.96. The summed E-state index contributed by atoms with van der Waals surface area (Å²) >= 11 is 1.23. The standard InChI is InChI=1S/C16H14N2O4S/c1-2-21-16(20)13-7-8-23-15(13)18-14(19)10-22-12-5-3-11(9-17)4-6-12/h3-8H,2,10H2,1H3,(H,18,19). The molecule has 0 unspecified atom stereocenters. The Morgan fingerprint density at radius 3 is 2.65 bits per heavy atom. The van der Waals surface area contributed by atoms with Crippen molar-refractivity contribution in [2.24, 2.45) is 0 Å². The highest BCUT2D eigenvalue weighted by molar-refractivity contribution is 7.14. The van der Waals surface area contributed by atoms with Gasteiger partial charge in [0.25, 0.3) is 5.91 Å². The minimum Gasteiger partial charge on any atom is -0.484 e. The maximum Gasteiger partial charge on any atom is 0.341 e. The fourth-order valence-corrected chi connectivity index (χ4v) is 2.50. The van der Waals surface area contributed by atoms with Crippen molar-refractivity contribution < 1.29 is 19.1 Å². The Labute approximate surface area is 137 Å².